The zero-order valence-electron chi connectivity index (χ0n) is 11.8. The van der Waals surface area contributed by atoms with Crippen LogP contribution in [-0.4, -0.2) is 7.11 Å². The molecular formula is C18H16FNO. The lowest BCUT2D eigenvalue weighted by Gasteiger charge is -2.13. The average Bonchev–Trinajstić information content (AvgIpc) is 2.54. The molecule has 0 radical (unpaired) electrons. The summed E-state index contributed by atoms with van der Waals surface area (Å²) in [4.78, 5) is 0. The van der Waals surface area contributed by atoms with Gasteiger partial charge in [0.15, 0.2) is 0 Å². The molecule has 106 valence electrons. The molecule has 0 amide bonds. The highest BCUT2D eigenvalue weighted by Crippen LogP contribution is 2.28. The number of hydrogen-bond acceptors (Lipinski definition) is 2. The lowest BCUT2D eigenvalue weighted by atomic mass is 10.0. The fourth-order valence-electron chi connectivity index (χ4n) is 2.45. The SMILES string of the molecule is COc1ccc2ccccc2c1CNc1ccc(F)cc1. The van der Waals surface area contributed by atoms with Gasteiger partial charge in [-0.3, -0.25) is 0 Å². The van der Waals surface area contributed by atoms with Crippen LogP contribution >= 0.6 is 0 Å². The Morgan fingerprint density at radius 1 is 0.952 bits per heavy atom. The van der Waals surface area contributed by atoms with Gasteiger partial charge in [-0.15, -0.1) is 0 Å². The van der Waals surface area contributed by atoms with E-state index in [0.29, 0.717) is 6.54 Å². The number of anilines is 1. The number of ether oxygens (including phenoxy) is 1. The molecule has 0 aliphatic rings. The van der Waals surface area contributed by atoms with Crippen molar-refractivity contribution >= 4 is 16.5 Å². The van der Waals surface area contributed by atoms with Crippen LogP contribution in [-0.2, 0) is 6.54 Å². The molecule has 0 bridgehead atoms. The summed E-state index contributed by atoms with van der Waals surface area (Å²) in [6, 6.07) is 18.6. The fraction of sp³-hybridized carbons (Fsp3) is 0.111. The van der Waals surface area contributed by atoms with Crippen LogP contribution in [0, 0.1) is 5.82 Å². The highest BCUT2D eigenvalue weighted by atomic mass is 19.1. The van der Waals surface area contributed by atoms with Gasteiger partial charge in [-0.25, -0.2) is 4.39 Å². The third-order valence-electron chi connectivity index (χ3n) is 3.53. The first-order valence-electron chi connectivity index (χ1n) is 6.82. The maximum absolute atomic E-state index is 12.9. The molecule has 21 heavy (non-hydrogen) atoms. The smallest absolute Gasteiger partial charge is 0.124 e. The van der Waals surface area contributed by atoms with Crippen molar-refractivity contribution in [1.82, 2.24) is 0 Å². The molecule has 0 spiro atoms. The molecule has 3 heteroatoms. The van der Waals surface area contributed by atoms with E-state index in [1.165, 1.54) is 17.5 Å². The van der Waals surface area contributed by atoms with E-state index in [0.717, 1.165) is 22.4 Å². The first-order chi connectivity index (χ1) is 10.3. The molecule has 0 aliphatic heterocycles. The lowest BCUT2D eigenvalue weighted by molar-refractivity contribution is 0.411. The Morgan fingerprint density at radius 2 is 1.71 bits per heavy atom. The molecule has 0 unspecified atom stereocenters. The Bertz CT molecular complexity index is 753. The highest BCUT2D eigenvalue weighted by Gasteiger charge is 2.07. The van der Waals surface area contributed by atoms with Gasteiger partial charge in [-0.1, -0.05) is 30.3 Å². The first kappa shape index (κ1) is 13.4. The molecule has 0 aromatic heterocycles. The molecular weight excluding hydrogens is 265 g/mol. The molecule has 0 atom stereocenters. The van der Waals surface area contributed by atoms with Crippen LogP contribution in [0.1, 0.15) is 5.56 Å². The molecule has 2 nitrogen and oxygen atoms in total. The van der Waals surface area contributed by atoms with Crippen LogP contribution in [0.15, 0.2) is 60.7 Å². The van der Waals surface area contributed by atoms with Gasteiger partial charge in [0.05, 0.1) is 7.11 Å². The van der Waals surface area contributed by atoms with E-state index >= 15 is 0 Å². The summed E-state index contributed by atoms with van der Waals surface area (Å²) in [5.41, 5.74) is 1.98. The molecule has 0 heterocycles. The predicted molar refractivity (Wildman–Crippen MR) is 84.2 cm³/mol. The molecule has 3 aromatic rings. The summed E-state index contributed by atoms with van der Waals surface area (Å²) in [6.45, 7) is 0.621. The second kappa shape index (κ2) is 5.83. The third kappa shape index (κ3) is 2.82. The number of halogens is 1. The molecule has 0 saturated carbocycles. The van der Waals surface area contributed by atoms with Crippen molar-refractivity contribution < 1.29 is 9.13 Å². The normalized spacial score (nSPS) is 10.6. The Labute approximate surface area is 123 Å². The van der Waals surface area contributed by atoms with Gasteiger partial charge in [0.25, 0.3) is 0 Å². The van der Waals surface area contributed by atoms with Crippen molar-refractivity contribution in [3.8, 4) is 5.75 Å². The van der Waals surface area contributed by atoms with Gasteiger partial charge in [-0.05, 0) is 41.1 Å². The van der Waals surface area contributed by atoms with Gasteiger partial charge in [0.2, 0.25) is 0 Å². The second-order valence-electron chi connectivity index (χ2n) is 4.83. The van der Waals surface area contributed by atoms with E-state index in [2.05, 4.69) is 23.5 Å². The van der Waals surface area contributed by atoms with E-state index in [1.54, 1.807) is 19.2 Å². The van der Waals surface area contributed by atoms with Crippen LogP contribution in [0.5, 0.6) is 5.75 Å². The number of hydrogen-bond donors (Lipinski definition) is 1. The van der Waals surface area contributed by atoms with Gasteiger partial charge < -0.3 is 10.1 Å². The van der Waals surface area contributed by atoms with Crippen LogP contribution in [0.25, 0.3) is 10.8 Å². The quantitative estimate of drug-likeness (QED) is 0.754. The summed E-state index contributed by atoms with van der Waals surface area (Å²) < 4.78 is 18.4. The van der Waals surface area contributed by atoms with E-state index in [1.807, 2.05) is 18.2 Å². The molecule has 3 rings (SSSR count). The Hall–Kier alpha value is -2.55. The number of benzene rings is 3. The van der Waals surface area contributed by atoms with Gasteiger partial charge in [0.1, 0.15) is 11.6 Å². The van der Waals surface area contributed by atoms with Crippen molar-refractivity contribution in [3.63, 3.8) is 0 Å². The van der Waals surface area contributed by atoms with E-state index in [-0.39, 0.29) is 5.82 Å². The minimum atomic E-state index is -0.233. The summed E-state index contributed by atoms with van der Waals surface area (Å²) in [7, 11) is 1.67. The minimum absolute atomic E-state index is 0.233. The van der Waals surface area contributed by atoms with Crippen LogP contribution < -0.4 is 10.1 Å². The maximum Gasteiger partial charge on any atom is 0.124 e. The first-order valence-corrected chi connectivity index (χ1v) is 6.82. The van der Waals surface area contributed by atoms with E-state index in [4.69, 9.17) is 4.74 Å². The molecule has 0 saturated heterocycles. The molecule has 0 fully saturated rings. The standard InChI is InChI=1S/C18H16FNO/c1-21-18-11-6-13-4-2-3-5-16(13)17(18)12-20-15-9-7-14(19)8-10-15/h2-11,20H,12H2,1H3. The fourth-order valence-corrected chi connectivity index (χ4v) is 2.45. The van der Waals surface area contributed by atoms with Crippen molar-refractivity contribution in [1.29, 1.82) is 0 Å². The van der Waals surface area contributed by atoms with Crippen molar-refractivity contribution in [2.75, 3.05) is 12.4 Å². The Kier molecular flexibility index (Phi) is 3.73. The minimum Gasteiger partial charge on any atom is -0.496 e. The van der Waals surface area contributed by atoms with Gasteiger partial charge in [-0.2, -0.15) is 0 Å². The zero-order chi connectivity index (χ0) is 14.7. The topological polar surface area (TPSA) is 21.3 Å². The van der Waals surface area contributed by atoms with Crippen LogP contribution in [0.4, 0.5) is 10.1 Å². The summed E-state index contributed by atoms with van der Waals surface area (Å²) in [5, 5.41) is 5.64. The lowest BCUT2D eigenvalue weighted by Crippen LogP contribution is -2.02. The number of fused-ring (bicyclic) bond motifs is 1. The molecule has 0 aliphatic carbocycles. The van der Waals surface area contributed by atoms with Crippen LogP contribution in [0.3, 0.4) is 0 Å². The maximum atomic E-state index is 12.9. The molecule has 1 N–H and O–H groups in total. The zero-order valence-corrected chi connectivity index (χ0v) is 11.8. The van der Waals surface area contributed by atoms with Crippen molar-refractivity contribution in [2.24, 2.45) is 0 Å². The van der Waals surface area contributed by atoms with Gasteiger partial charge >= 0.3 is 0 Å². The van der Waals surface area contributed by atoms with E-state index < -0.39 is 0 Å². The van der Waals surface area contributed by atoms with Crippen LogP contribution in [0.2, 0.25) is 0 Å². The van der Waals surface area contributed by atoms with Gasteiger partial charge in [0, 0.05) is 17.8 Å². The Balaban J connectivity index is 1.93. The number of methoxy groups -OCH3 is 1. The van der Waals surface area contributed by atoms with Crippen molar-refractivity contribution in [3.05, 3.63) is 72.0 Å². The summed E-state index contributed by atoms with van der Waals surface area (Å²) in [5.74, 6) is 0.617. The number of nitrogens with one attached hydrogen (secondary N) is 1. The highest BCUT2D eigenvalue weighted by molar-refractivity contribution is 5.88. The summed E-state index contributed by atoms with van der Waals surface area (Å²) >= 11 is 0. The Morgan fingerprint density at radius 3 is 2.48 bits per heavy atom. The van der Waals surface area contributed by atoms with Crippen molar-refractivity contribution in [2.45, 2.75) is 6.54 Å². The molecule has 3 aromatic carbocycles. The third-order valence-corrected chi connectivity index (χ3v) is 3.53. The second-order valence-corrected chi connectivity index (χ2v) is 4.83. The number of rotatable bonds is 4. The summed E-state index contributed by atoms with van der Waals surface area (Å²) in [6.07, 6.45) is 0. The monoisotopic (exact) mass is 281 g/mol. The van der Waals surface area contributed by atoms with E-state index in [9.17, 15) is 4.39 Å². The average molecular weight is 281 g/mol. The largest absolute Gasteiger partial charge is 0.496 e. The predicted octanol–water partition coefficient (Wildman–Crippen LogP) is 4.60.